The van der Waals surface area contributed by atoms with E-state index in [-0.39, 0.29) is 0 Å². The smallest absolute Gasteiger partial charge is 0.119 e. The molecule has 7 heteroatoms. The maximum atomic E-state index is 6.37. The number of allylic oxidation sites excluding steroid dienone is 18. The van der Waals surface area contributed by atoms with E-state index in [0.29, 0.717) is 13.2 Å². The second kappa shape index (κ2) is 19.5. The summed E-state index contributed by atoms with van der Waals surface area (Å²) in [6.45, 7) is 8.40. The number of hydrogen-bond acceptors (Lipinski definition) is 7. The van der Waals surface area contributed by atoms with Crippen molar-refractivity contribution in [3.05, 3.63) is 304 Å². The zero-order chi connectivity index (χ0) is 49.3. The van der Waals surface area contributed by atoms with Crippen LogP contribution in [0.3, 0.4) is 0 Å². The number of aryl methyl sites for hydroxylation is 3. The van der Waals surface area contributed by atoms with Crippen molar-refractivity contribution in [3.63, 3.8) is 0 Å². The summed E-state index contributed by atoms with van der Waals surface area (Å²) in [4.78, 5) is 26.2. The Morgan fingerprint density at radius 1 is 0.356 bits per heavy atom. The summed E-state index contributed by atoms with van der Waals surface area (Å²) >= 11 is 0. The summed E-state index contributed by atoms with van der Waals surface area (Å²) in [7, 11) is 0. The predicted molar refractivity (Wildman–Crippen MR) is 302 cm³/mol. The molecule has 0 fully saturated rings. The fourth-order valence-corrected chi connectivity index (χ4v) is 9.77. The number of benzene rings is 5. The Kier molecular flexibility index (Phi) is 12.0. The second-order valence-corrected chi connectivity index (χ2v) is 18.9. The normalized spacial score (nSPS) is 17.5. The van der Waals surface area contributed by atoms with Gasteiger partial charge in [-0.2, -0.15) is 0 Å². The van der Waals surface area contributed by atoms with Gasteiger partial charge in [0.25, 0.3) is 0 Å². The first-order chi connectivity index (χ1) is 35.8. The van der Waals surface area contributed by atoms with Gasteiger partial charge >= 0.3 is 0 Å². The van der Waals surface area contributed by atoms with Crippen molar-refractivity contribution in [2.45, 2.75) is 27.3 Å². The van der Waals surface area contributed by atoms with Crippen molar-refractivity contribution in [1.29, 1.82) is 0 Å². The van der Waals surface area contributed by atoms with Crippen LogP contribution in [0.5, 0.6) is 5.75 Å². The molecule has 7 aliphatic rings. The van der Waals surface area contributed by atoms with Gasteiger partial charge in [-0.3, -0.25) is 0 Å². The van der Waals surface area contributed by atoms with E-state index in [1.54, 1.807) is 0 Å². The lowest BCUT2D eigenvalue weighted by atomic mass is 9.97. The predicted octanol–water partition coefficient (Wildman–Crippen LogP) is 14.2. The van der Waals surface area contributed by atoms with Crippen LogP contribution in [-0.2, 0) is 6.54 Å². The van der Waals surface area contributed by atoms with Gasteiger partial charge in [-0.05, 0) is 145 Å². The van der Waals surface area contributed by atoms with Gasteiger partial charge in [0.2, 0.25) is 0 Å². The van der Waals surface area contributed by atoms with Gasteiger partial charge in [0.1, 0.15) is 12.4 Å². The topological polar surface area (TPSA) is 65.2 Å². The molecular formula is C66H52N6O. The molecule has 73 heavy (non-hydrogen) atoms. The molecule has 7 aliphatic heterocycles. The SMILES string of the molecule is Cc1ccc(C2=C3C=CC(=N3)C(c3ccc(C)cc3)=C3C=CC(=N3)C(c3ccc(OCCN4C=CC(=C5C=CN(Cc6ccccc6)C=C5)C=C4)cc3)=C3C=CC(=N3)C(c3ccc(C)cc3)=C3C=CC2=N3)cc1. The molecule has 0 aromatic heterocycles. The highest BCUT2D eigenvalue weighted by molar-refractivity contribution is 6.39. The fourth-order valence-electron chi connectivity index (χ4n) is 9.77. The van der Waals surface area contributed by atoms with E-state index in [1.165, 1.54) is 33.4 Å². The van der Waals surface area contributed by atoms with Crippen LogP contribution in [0.4, 0.5) is 0 Å². The average molecular weight is 945 g/mol. The third-order valence-corrected chi connectivity index (χ3v) is 13.7. The van der Waals surface area contributed by atoms with Gasteiger partial charge < -0.3 is 14.5 Å². The number of nitrogens with zero attached hydrogens (tertiary/aromatic N) is 6. The highest BCUT2D eigenvalue weighted by Crippen LogP contribution is 2.39. The first-order valence-electron chi connectivity index (χ1n) is 24.9. The monoisotopic (exact) mass is 944 g/mol. The van der Waals surface area contributed by atoms with Crippen molar-refractivity contribution in [1.82, 2.24) is 9.80 Å². The van der Waals surface area contributed by atoms with Crippen molar-refractivity contribution in [2.24, 2.45) is 20.0 Å². The maximum Gasteiger partial charge on any atom is 0.119 e. The highest BCUT2D eigenvalue weighted by Gasteiger charge is 2.28. The number of fused-ring (bicyclic) bond motifs is 4. The number of hydrogen-bond donors (Lipinski definition) is 0. The molecule has 7 nitrogen and oxygen atoms in total. The minimum atomic E-state index is 0.515. The van der Waals surface area contributed by atoms with Crippen LogP contribution >= 0.6 is 0 Å². The van der Waals surface area contributed by atoms with Crippen LogP contribution in [-0.4, -0.2) is 45.8 Å². The lowest BCUT2D eigenvalue weighted by Gasteiger charge is -2.22. The van der Waals surface area contributed by atoms with Crippen LogP contribution in [0.2, 0.25) is 0 Å². The van der Waals surface area contributed by atoms with Gasteiger partial charge in [0.05, 0.1) is 52.2 Å². The molecule has 0 aliphatic carbocycles. The summed E-state index contributed by atoms with van der Waals surface area (Å²) in [5.41, 5.74) is 21.8. The van der Waals surface area contributed by atoms with Crippen LogP contribution in [0.25, 0.3) is 22.3 Å². The zero-order valence-electron chi connectivity index (χ0n) is 41.1. The molecule has 0 radical (unpaired) electrons. The zero-order valence-corrected chi connectivity index (χ0v) is 41.1. The summed E-state index contributed by atoms with van der Waals surface area (Å²) in [5, 5.41) is 0. The number of rotatable bonds is 10. The molecule has 0 saturated carbocycles. The molecule has 0 unspecified atom stereocenters. The molecular weight excluding hydrogens is 893 g/mol. The first-order valence-corrected chi connectivity index (χ1v) is 24.9. The molecule has 0 spiro atoms. The summed E-state index contributed by atoms with van der Waals surface area (Å²) in [6.07, 6.45) is 34.1. The first kappa shape index (κ1) is 45.0. The molecule has 12 rings (SSSR count). The Balaban J connectivity index is 0.872. The third kappa shape index (κ3) is 9.44. The van der Waals surface area contributed by atoms with Crippen molar-refractivity contribution < 1.29 is 4.74 Å². The fraction of sp³-hybridized carbons (Fsp3) is 0.0909. The molecule has 0 amide bonds. The second-order valence-electron chi connectivity index (χ2n) is 18.9. The van der Waals surface area contributed by atoms with E-state index in [1.807, 2.05) is 12.1 Å². The van der Waals surface area contributed by atoms with E-state index in [2.05, 4.69) is 244 Å². The number of ether oxygens (including phenoxy) is 1. The van der Waals surface area contributed by atoms with Crippen molar-refractivity contribution >= 4 is 45.1 Å². The molecule has 8 bridgehead atoms. The molecule has 352 valence electrons. The molecule has 0 saturated heterocycles. The minimum Gasteiger partial charge on any atom is -0.492 e. The molecule has 0 N–H and O–H groups in total. The summed E-state index contributed by atoms with van der Waals surface area (Å²) in [5.74, 6) is 0.790. The van der Waals surface area contributed by atoms with Gasteiger partial charge in [0, 0.05) is 53.6 Å². The lowest BCUT2D eigenvalue weighted by molar-refractivity contribution is 0.283. The Bertz CT molecular complexity index is 3550. The van der Waals surface area contributed by atoms with Gasteiger partial charge in [0.15, 0.2) is 0 Å². The molecule has 5 aromatic carbocycles. The average Bonchev–Trinajstić information content (AvgIpc) is 4.28. The van der Waals surface area contributed by atoms with Crippen molar-refractivity contribution in [2.75, 3.05) is 13.2 Å². The molecule has 0 atom stereocenters. The highest BCUT2D eigenvalue weighted by atomic mass is 16.5. The summed E-state index contributed by atoms with van der Waals surface area (Å²) in [6, 6.07) is 44.7. The standard InChI is InChI=1S/C66H52N6O/c1-44-9-15-50(16-10-44)63-55-25-27-57(67-55)64(51-17-11-45(2)12-18-51)59-29-31-61(69-59)66(62-32-30-60(70-62)65(58-28-26-56(63)68-58)52-19-13-46(3)14-20-52)53-21-23-54(24-22-53)73-42-41-71-37-33-48(34-38-71)49-35-39-72(40-36-49)43-47-7-5-4-6-8-47/h4-40H,41-43H2,1-3H3. The number of aliphatic imine (C=N–C) groups is 4. The Morgan fingerprint density at radius 3 is 1.07 bits per heavy atom. The van der Waals surface area contributed by atoms with E-state index < -0.39 is 0 Å². The third-order valence-electron chi connectivity index (χ3n) is 13.7. The minimum absolute atomic E-state index is 0.515. The Morgan fingerprint density at radius 2 is 0.699 bits per heavy atom. The van der Waals surface area contributed by atoms with Crippen molar-refractivity contribution in [3.8, 4) is 5.75 Å². The van der Waals surface area contributed by atoms with Crippen LogP contribution in [0.15, 0.2) is 279 Å². The Hall–Kier alpha value is -9.20. The van der Waals surface area contributed by atoms with Crippen LogP contribution in [0, 0.1) is 20.8 Å². The van der Waals surface area contributed by atoms with E-state index in [0.717, 1.165) is 102 Å². The summed E-state index contributed by atoms with van der Waals surface area (Å²) < 4.78 is 6.37. The molecule has 5 aromatic rings. The largest absolute Gasteiger partial charge is 0.492 e. The Labute approximate surface area is 427 Å². The van der Waals surface area contributed by atoms with Gasteiger partial charge in [-0.25, -0.2) is 20.0 Å². The van der Waals surface area contributed by atoms with E-state index in [4.69, 9.17) is 24.7 Å². The van der Waals surface area contributed by atoms with Gasteiger partial charge in [-0.1, -0.05) is 132 Å². The maximum absolute atomic E-state index is 6.37. The lowest BCUT2D eigenvalue weighted by Crippen LogP contribution is -2.19. The molecule has 7 heterocycles. The van der Waals surface area contributed by atoms with Gasteiger partial charge in [-0.15, -0.1) is 0 Å². The van der Waals surface area contributed by atoms with E-state index >= 15 is 0 Å². The quantitative estimate of drug-likeness (QED) is 0.140. The van der Waals surface area contributed by atoms with Crippen LogP contribution in [0.1, 0.15) is 44.5 Å². The van der Waals surface area contributed by atoms with Crippen LogP contribution < -0.4 is 4.74 Å². The van der Waals surface area contributed by atoms with E-state index in [9.17, 15) is 0 Å².